The zero-order chi connectivity index (χ0) is 15.5. The van der Waals surface area contributed by atoms with E-state index in [9.17, 15) is 17.6 Å². The molecule has 0 unspecified atom stereocenters. The molecule has 110 valence electrons. The van der Waals surface area contributed by atoms with Crippen LogP contribution in [0.1, 0.15) is 6.92 Å². The van der Waals surface area contributed by atoms with E-state index in [0.717, 1.165) is 12.1 Å². The summed E-state index contributed by atoms with van der Waals surface area (Å²) in [7, 11) is -3.86. The van der Waals surface area contributed by atoms with Crippen LogP contribution in [0.25, 0.3) is 0 Å². The second kappa shape index (κ2) is 5.92. The third-order valence-electron chi connectivity index (χ3n) is 2.59. The van der Waals surface area contributed by atoms with E-state index in [0.29, 0.717) is 0 Å². The van der Waals surface area contributed by atoms with E-state index in [-0.39, 0.29) is 22.2 Å². The predicted molar refractivity (Wildman–Crippen MR) is 78.0 cm³/mol. The third-order valence-corrected chi connectivity index (χ3v) is 3.97. The number of nitrogens with one attached hydrogen (secondary N) is 2. The van der Waals surface area contributed by atoms with Gasteiger partial charge in [-0.15, -0.1) is 0 Å². The van der Waals surface area contributed by atoms with Gasteiger partial charge < -0.3 is 5.32 Å². The number of rotatable bonds is 4. The van der Waals surface area contributed by atoms with E-state index in [1.54, 1.807) is 18.2 Å². The summed E-state index contributed by atoms with van der Waals surface area (Å²) in [6.07, 6.45) is 0. The van der Waals surface area contributed by atoms with Gasteiger partial charge in [0.25, 0.3) is 10.0 Å². The smallest absolute Gasteiger partial charge is 0.261 e. The average Bonchev–Trinajstić information content (AvgIpc) is 2.42. The molecule has 0 heterocycles. The Morgan fingerprint density at radius 2 is 1.71 bits per heavy atom. The largest absolute Gasteiger partial charge is 0.325 e. The van der Waals surface area contributed by atoms with E-state index in [4.69, 9.17) is 0 Å². The molecule has 0 saturated heterocycles. The van der Waals surface area contributed by atoms with E-state index in [1.165, 1.54) is 25.1 Å². The fourth-order valence-electron chi connectivity index (χ4n) is 1.70. The first kappa shape index (κ1) is 15.0. The van der Waals surface area contributed by atoms with Gasteiger partial charge >= 0.3 is 0 Å². The zero-order valence-corrected chi connectivity index (χ0v) is 11.9. The van der Waals surface area contributed by atoms with Gasteiger partial charge in [-0.25, -0.2) is 12.8 Å². The first-order chi connectivity index (χ1) is 9.88. The van der Waals surface area contributed by atoms with Crippen LogP contribution in [0.4, 0.5) is 15.8 Å². The van der Waals surface area contributed by atoms with Crippen LogP contribution in [0.5, 0.6) is 0 Å². The Bertz CT molecular complexity index is 761. The second-order valence-electron chi connectivity index (χ2n) is 4.29. The fraction of sp³-hybridized carbons (Fsp3) is 0.0714. The molecule has 2 N–H and O–H groups in total. The van der Waals surface area contributed by atoms with Crippen molar-refractivity contribution in [3.05, 3.63) is 54.3 Å². The minimum atomic E-state index is -3.86. The first-order valence-electron chi connectivity index (χ1n) is 6.03. The highest BCUT2D eigenvalue weighted by Gasteiger charge is 2.16. The maximum atomic E-state index is 13.3. The van der Waals surface area contributed by atoms with Gasteiger partial charge in [0.15, 0.2) is 0 Å². The Balaban J connectivity index is 2.39. The first-order valence-corrected chi connectivity index (χ1v) is 7.52. The Hall–Kier alpha value is -2.41. The summed E-state index contributed by atoms with van der Waals surface area (Å²) in [6.45, 7) is 1.28. The van der Waals surface area contributed by atoms with Crippen molar-refractivity contribution in [3.63, 3.8) is 0 Å². The van der Waals surface area contributed by atoms with Crippen LogP contribution >= 0.6 is 0 Å². The second-order valence-corrected chi connectivity index (χ2v) is 5.97. The lowest BCUT2D eigenvalue weighted by Crippen LogP contribution is -2.16. The Morgan fingerprint density at radius 3 is 2.33 bits per heavy atom. The Morgan fingerprint density at radius 1 is 1.05 bits per heavy atom. The summed E-state index contributed by atoms with van der Waals surface area (Å²) < 4.78 is 40.0. The quantitative estimate of drug-likeness (QED) is 0.911. The predicted octanol–water partition coefficient (Wildman–Crippen LogP) is 2.58. The molecule has 0 fully saturated rings. The minimum Gasteiger partial charge on any atom is -0.325 e. The average molecular weight is 308 g/mol. The van der Waals surface area contributed by atoms with Crippen molar-refractivity contribution < 1.29 is 17.6 Å². The summed E-state index contributed by atoms with van der Waals surface area (Å²) in [5.74, 6) is -1.00. The van der Waals surface area contributed by atoms with Crippen LogP contribution in [0.15, 0.2) is 53.4 Å². The van der Waals surface area contributed by atoms with Crippen molar-refractivity contribution in [2.45, 2.75) is 11.8 Å². The highest BCUT2D eigenvalue weighted by Crippen LogP contribution is 2.25. The van der Waals surface area contributed by atoms with Crippen molar-refractivity contribution in [3.8, 4) is 0 Å². The van der Waals surface area contributed by atoms with Crippen molar-refractivity contribution >= 4 is 27.3 Å². The SMILES string of the molecule is CC(=O)Nc1ccc(F)cc1NS(=O)(=O)c1ccccc1. The van der Waals surface area contributed by atoms with Gasteiger partial charge in [0.05, 0.1) is 16.3 Å². The molecule has 7 heteroatoms. The monoisotopic (exact) mass is 308 g/mol. The number of halogens is 1. The number of hydrogen-bond acceptors (Lipinski definition) is 3. The van der Waals surface area contributed by atoms with E-state index >= 15 is 0 Å². The molecule has 0 spiro atoms. The highest BCUT2D eigenvalue weighted by molar-refractivity contribution is 7.92. The number of benzene rings is 2. The van der Waals surface area contributed by atoms with Crippen LogP contribution in [0.3, 0.4) is 0 Å². The van der Waals surface area contributed by atoms with Crippen LogP contribution in [-0.4, -0.2) is 14.3 Å². The molecule has 0 aliphatic heterocycles. The van der Waals surface area contributed by atoms with E-state index in [2.05, 4.69) is 10.0 Å². The van der Waals surface area contributed by atoms with Gasteiger partial charge in [0, 0.05) is 13.0 Å². The molecule has 0 aliphatic rings. The molecule has 0 radical (unpaired) electrons. The van der Waals surface area contributed by atoms with Gasteiger partial charge in [0.1, 0.15) is 5.82 Å². The molecule has 2 aromatic carbocycles. The Labute approximate surface area is 121 Å². The number of anilines is 2. The molecule has 0 aromatic heterocycles. The fourth-order valence-corrected chi connectivity index (χ4v) is 2.79. The number of amides is 1. The highest BCUT2D eigenvalue weighted by atomic mass is 32.2. The van der Waals surface area contributed by atoms with Crippen molar-refractivity contribution in [1.82, 2.24) is 0 Å². The summed E-state index contributed by atoms with van der Waals surface area (Å²) in [6, 6.07) is 11.1. The number of hydrogen-bond donors (Lipinski definition) is 2. The molecule has 2 rings (SSSR count). The Kier molecular flexibility index (Phi) is 4.23. The van der Waals surface area contributed by atoms with Gasteiger partial charge in [-0.1, -0.05) is 18.2 Å². The van der Waals surface area contributed by atoms with Crippen molar-refractivity contribution in [1.29, 1.82) is 0 Å². The molecule has 5 nitrogen and oxygen atoms in total. The number of carbonyl (C=O) groups excluding carboxylic acids is 1. The number of carbonyl (C=O) groups is 1. The molecule has 0 aliphatic carbocycles. The van der Waals surface area contributed by atoms with E-state index < -0.39 is 15.8 Å². The maximum Gasteiger partial charge on any atom is 0.261 e. The third kappa shape index (κ3) is 3.79. The molecule has 21 heavy (non-hydrogen) atoms. The molecule has 1 amide bonds. The van der Waals surface area contributed by atoms with Crippen LogP contribution in [0, 0.1) is 5.82 Å². The summed E-state index contributed by atoms with van der Waals surface area (Å²) in [5, 5.41) is 2.44. The normalized spacial score (nSPS) is 11.0. The van der Waals surface area contributed by atoms with Crippen molar-refractivity contribution in [2.75, 3.05) is 10.0 Å². The summed E-state index contributed by atoms with van der Waals surface area (Å²) in [4.78, 5) is 11.1. The topological polar surface area (TPSA) is 75.3 Å². The molecule has 2 aromatic rings. The van der Waals surface area contributed by atoms with Gasteiger partial charge in [-0.05, 0) is 24.3 Å². The lowest BCUT2D eigenvalue weighted by Gasteiger charge is -2.13. The lowest BCUT2D eigenvalue weighted by atomic mass is 10.2. The van der Waals surface area contributed by atoms with Gasteiger partial charge in [0.2, 0.25) is 5.91 Å². The number of sulfonamides is 1. The molecule has 0 atom stereocenters. The molecular formula is C14H13FN2O3S. The van der Waals surface area contributed by atoms with Gasteiger partial charge in [-0.3, -0.25) is 9.52 Å². The maximum absolute atomic E-state index is 13.3. The van der Waals surface area contributed by atoms with Crippen LogP contribution in [0.2, 0.25) is 0 Å². The zero-order valence-electron chi connectivity index (χ0n) is 11.1. The summed E-state index contributed by atoms with van der Waals surface area (Å²) in [5.41, 5.74) is 0.150. The standard InChI is InChI=1S/C14H13FN2O3S/c1-10(18)16-13-8-7-11(15)9-14(13)17-21(19,20)12-5-3-2-4-6-12/h2-9,17H,1H3,(H,16,18). The van der Waals surface area contributed by atoms with Crippen LogP contribution in [-0.2, 0) is 14.8 Å². The summed E-state index contributed by atoms with van der Waals surface area (Å²) >= 11 is 0. The molecule has 0 bridgehead atoms. The molecule has 0 saturated carbocycles. The minimum absolute atomic E-state index is 0.0333. The van der Waals surface area contributed by atoms with E-state index in [1.807, 2.05) is 0 Å². The van der Waals surface area contributed by atoms with Gasteiger partial charge in [-0.2, -0.15) is 0 Å². The molecular weight excluding hydrogens is 295 g/mol. The lowest BCUT2D eigenvalue weighted by molar-refractivity contribution is -0.114. The van der Waals surface area contributed by atoms with Crippen LogP contribution < -0.4 is 10.0 Å². The van der Waals surface area contributed by atoms with Crippen molar-refractivity contribution in [2.24, 2.45) is 0 Å².